The van der Waals surface area contributed by atoms with Gasteiger partial charge in [-0.15, -0.1) is 0 Å². The van der Waals surface area contributed by atoms with E-state index in [4.69, 9.17) is 11.6 Å². The van der Waals surface area contributed by atoms with E-state index in [1.807, 2.05) is 37.3 Å². The molecule has 0 unspecified atom stereocenters. The number of nitrogens with zero attached hydrogens (tertiary/aromatic N) is 2. The van der Waals surface area contributed by atoms with Crippen LogP contribution in [0.4, 0.5) is 17.3 Å². The van der Waals surface area contributed by atoms with E-state index in [1.165, 1.54) is 0 Å². The van der Waals surface area contributed by atoms with E-state index < -0.39 is 0 Å². The van der Waals surface area contributed by atoms with Crippen molar-refractivity contribution in [3.8, 4) is 0 Å². The lowest BCUT2D eigenvalue weighted by molar-refractivity contribution is 0.686. The lowest BCUT2D eigenvalue weighted by Crippen LogP contribution is -2.10. The Hall–Kier alpha value is -1.81. The molecule has 0 amide bonds. The van der Waals surface area contributed by atoms with Gasteiger partial charge in [-0.25, -0.2) is 9.97 Å². The van der Waals surface area contributed by atoms with Gasteiger partial charge in [0.15, 0.2) is 0 Å². The van der Waals surface area contributed by atoms with Gasteiger partial charge in [0.2, 0.25) is 0 Å². The molecule has 2 rings (SSSR count). The Balaban J connectivity index is 2.13. The molecule has 0 radical (unpaired) electrons. The first kappa shape index (κ1) is 14.6. The van der Waals surface area contributed by atoms with Crippen LogP contribution in [-0.4, -0.2) is 16.5 Å². The highest BCUT2D eigenvalue weighted by molar-refractivity contribution is 6.30. The fraction of sp³-hybridized carbons (Fsp3) is 0.333. The summed E-state index contributed by atoms with van der Waals surface area (Å²) >= 11 is 5.87. The van der Waals surface area contributed by atoms with Crippen LogP contribution in [-0.2, 0) is 0 Å². The van der Waals surface area contributed by atoms with Crippen molar-refractivity contribution >= 4 is 28.9 Å². The molecule has 1 aromatic heterocycles. The van der Waals surface area contributed by atoms with Crippen LogP contribution in [0.15, 0.2) is 30.3 Å². The summed E-state index contributed by atoms with van der Waals surface area (Å²) in [4.78, 5) is 8.76. The number of rotatable bonds is 5. The van der Waals surface area contributed by atoms with Gasteiger partial charge in [-0.2, -0.15) is 0 Å². The molecular weight excluding hydrogens is 272 g/mol. The molecule has 0 saturated carbocycles. The minimum atomic E-state index is 0.568. The molecule has 2 N–H and O–H groups in total. The molecule has 0 spiro atoms. The number of hydrogen-bond donors (Lipinski definition) is 2. The third-order valence-corrected chi connectivity index (χ3v) is 2.90. The molecule has 0 fully saturated rings. The first-order valence-electron chi connectivity index (χ1n) is 6.65. The first-order chi connectivity index (χ1) is 9.52. The van der Waals surface area contributed by atoms with Gasteiger partial charge in [0, 0.05) is 23.3 Å². The largest absolute Gasteiger partial charge is 0.370 e. The Morgan fingerprint density at radius 3 is 2.40 bits per heavy atom. The summed E-state index contributed by atoms with van der Waals surface area (Å²) in [5, 5.41) is 7.27. The maximum Gasteiger partial charge on any atom is 0.136 e. The predicted octanol–water partition coefficient (Wildman–Crippen LogP) is 4.25. The van der Waals surface area contributed by atoms with Crippen molar-refractivity contribution in [3.63, 3.8) is 0 Å². The molecule has 0 aliphatic rings. The summed E-state index contributed by atoms with van der Waals surface area (Å²) in [6.45, 7) is 7.09. The molecule has 106 valence electrons. The normalized spacial score (nSPS) is 10.7. The van der Waals surface area contributed by atoms with Crippen LogP contribution in [0, 0.1) is 12.8 Å². The van der Waals surface area contributed by atoms with Crippen LogP contribution in [0.1, 0.15) is 19.7 Å². The lowest BCUT2D eigenvalue weighted by Gasteiger charge is -2.11. The van der Waals surface area contributed by atoms with E-state index in [-0.39, 0.29) is 0 Å². The molecule has 4 nitrogen and oxygen atoms in total. The van der Waals surface area contributed by atoms with Gasteiger partial charge in [0.25, 0.3) is 0 Å². The second-order valence-corrected chi connectivity index (χ2v) is 5.53. The summed E-state index contributed by atoms with van der Waals surface area (Å²) in [5.41, 5.74) is 0.947. The van der Waals surface area contributed by atoms with Crippen LogP contribution < -0.4 is 10.6 Å². The number of hydrogen-bond acceptors (Lipinski definition) is 4. The van der Waals surface area contributed by atoms with Crippen LogP contribution in [0.2, 0.25) is 5.02 Å². The second-order valence-electron chi connectivity index (χ2n) is 5.09. The first-order valence-corrected chi connectivity index (χ1v) is 7.03. The van der Waals surface area contributed by atoms with Gasteiger partial charge >= 0.3 is 0 Å². The van der Waals surface area contributed by atoms with Crippen molar-refractivity contribution in [2.45, 2.75) is 20.8 Å². The quantitative estimate of drug-likeness (QED) is 0.864. The zero-order valence-corrected chi connectivity index (χ0v) is 12.7. The Labute approximate surface area is 124 Å². The summed E-state index contributed by atoms with van der Waals surface area (Å²) in [6, 6.07) is 9.43. The molecule has 0 aliphatic carbocycles. The topological polar surface area (TPSA) is 49.8 Å². The lowest BCUT2D eigenvalue weighted by atomic mass is 10.2. The van der Waals surface area contributed by atoms with Crippen molar-refractivity contribution < 1.29 is 0 Å². The fourth-order valence-corrected chi connectivity index (χ4v) is 1.84. The van der Waals surface area contributed by atoms with Crippen LogP contribution in [0.3, 0.4) is 0 Å². The number of nitrogens with one attached hydrogen (secondary N) is 2. The molecule has 5 heteroatoms. The number of aryl methyl sites for hydroxylation is 1. The molecule has 0 bridgehead atoms. The van der Waals surface area contributed by atoms with E-state index in [1.54, 1.807) is 0 Å². The summed E-state index contributed by atoms with van der Waals surface area (Å²) in [7, 11) is 0. The molecule has 2 aromatic rings. The third-order valence-electron chi connectivity index (χ3n) is 2.65. The highest BCUT2D eigenvalue weighted by Crippen LogP contribution is 2.19. The monoisotopic (exact) mass is 290 g/mol. The van der Waals surface area contributed by atoms with Crippen LogP contribution in [0.5, 0.6) is 0 Å². The Bertz CT molecular complexity index is 567. The van der Waals surface area contributed by atoms with E-state index in [0.717, 1.165) is 29.7 Å². The van der Waals surface area contributed by atoms with Gasteiger partial charge in [-0.05, 0) is 37.1 Å². The zero-order chi connectivity index (χ0) is 14.5. The number of halogens is 1. The van der Waals surface area contributed by atoms with Crippen molar-refractivity contribution in [3.05, 3.63) is 41.2 Å². The Kier molecular flexibility index (Phi) is 4.79. The van der Waals surface area contributed by atoms with E-state index in [2.05, 4.69) is 34.4 Å². The molecule has 1 heterocycles. The fourth-order valence-electron chi connectivity index (χ4n) is 1.71. The predicted molar refractivity (Wildman–Crippen MR) is 84.8 cm³/mol. The number of anilines is 3. The second kappa shape index (κ2) is 6.57. The molecule has 0 saturated heterocycles. The summed E-state index contributed by atoms with van der Waals surface area (Å²) in [6.07, 6.45) is 0. The van der Waals surface area contributed by atoms with Gasteiger partial charge in [-0.3, -0.25) is 0 Å². The minimum absolute atomic E-state index is 0.568. The van der Waals surface area contributed by atoms with Crippen LogP contribution >= 0.6 is 11.6 Å². The maximum absolute atomic E-state index is 5.87. The standard InChI is InChI=1S/C15H19ClN4/c1-10(2)9-17-14-8-15(19-11(3)18-14)20-13-6-4-12(16)5-7-13/h4-8,10H,9H2,1-3H3,(H2,17,18,19,20). The number of aromatic nitrogens is 2. The maximum atomic E-state index is 5.87. The van der Waals surface area contributed by atoms with Gasteiger partial charge in [0.1, 0.15) is 17.5 Å². The zero-order valence-electron chi connectivity index (χ0n) is 11.9. The van der Waals surface area contributed by atoms with Gasteiger partial charge in [0.05, 0.1) is 0 Å². The van der Waals surface area contributed by atoms with Gasteiger partial charge < -0.3 is 10.6 Å². The van der Waals surface area contributed by atoms with E-state index >= 15 is 0 Å². The average molecular weight is 291 g/mol. The summed E-state index contributed by atoms with van der Waals surface area (Å²) < 4.78 is 0. The third kappa shape index (κ3) is 4.38. The minimum Gasteiger partial charge on any atom is -0.370 e. The van der Waals surface area contributed by atoms with E-state index in [9.17, 15) is 0 Å². The number of benzene rings is 1. The van der Waals surface area contributed by atoms with Crippen molar-refractivity contribution in [1.82, 2.24) is 9.97 Å². The highest BCUT2D eigenvalue weighted by Gasteiger charge is 2.03. The molecule has 1 aromatic carbocycles. The average Bonchev–Trinajstić information content (AvgIpc) is 2.38. The molecular formula is C15H19ClN4. The van der Waals surface area contributed by atoms with Crippen molar-refractivity contribution in [1.29, 1.82) is 0 Å². The highest BCUT2D eigenvalue weighted by atomic mass is 35.5. The van der Waals surface area contributed by atoms with Crippen molar-refractivity contribution in [2.24, 2.45) is 5.92 Å². The van der Waals surface area contributed by atoms with Gasteiger partial charge in [-0.1, -0.05) is 25.4 Å². The van der Waals surface area contributed by atoms with Crippen molar-refractivity contribution in [2.75, 3.05) is 17.2 Å². The SMILES string of the molecule is Cc1nc(NCC(C)C)cc(Nc2ccc(Cl)cc2)n1. The Morgan fingerprint density at radius 1 is 1.10 bits per heavy atom. The Morgan fingerprint density at radius 2 is 1.75 bits per heavy atom. The molecule has 0 aliphatic heterocycles. The smallest absolute Gasteiger partial charge is 0.136 e. The van der Waals surface area contributed by atoms with Crippen LogP contribution in [0.25, 0.3) is 0 Å². The van der Waals surface area contributed by atoms with E-state index in [0.29, 0.717) is 10.9 Å². The molecule has 0 atom stereocenters. The summed E-state index contributed by atoms with van der Waals surface area (Å²) in [5.74, 6) is 2.90. The molecule has 20 heavy (non-hydrogen) atoms.